The fraction of sp³-hybridized carbons (Fsp3) is 0.182. The summed E-state index contributed by atoms with van der Waals surface area (Å²) < 4.78 is 2.28. The molecule has 0 aliphatic carbocycles. The van der Waals surface area contributed by atoms with Crippen molar-refractivity contribution in [1.82, 2.24) is 14.3 Å². The van der Waals surface area contributed by atoms with Gasteiger partial charge in [-0.3, -0.25) is 4.90 Å². The highest BCUT2D eigenvalue weighted by Gasteiger charge is 2.32. The number of aromatic nitrogens is 3. The molecular weight excluding hydrogens is 220 g/mol. The van der Waals surface area contributed by atoms with E-state index in [1.807, 2.05) is 30.3 Å². The molecule has 1 aliphatic heterocycles. The highest BCUT2D eigenvalue weighted by Crippen LogP contribution is 2.21. The van der Waals surface area contributed by atoms with Crippen molar-refractivity contribution < 1.29 is 4.79 Å². The van der Waals surface area contributed by atoms with E-state index in [1.54, 1.807) is 0 Å². The van der Waals surface area contributed by atoms with Crippen LogP contribution in [-0.2, 0) is 13.6 Å². The highest BCUT2D eigenvalue weighted by atomic mass is 16.2. The van der Waals surface area contributed by atoms with Gasteiger partial charge in [0.1, 0.15) is 0 Å². The molecule has 0 spiro atoms. The summed E-state index contributed by atoms with van der Waals surface area (Å²) in [5.74, 6) is 0.478. The number of fused-ring (bicyclic) bond motifs is 1. The third-order valence-electron chi connectivity index (χ3n) is 2.78. The lowest BCUT2D eigenvalue weighted by Gasteiger charge is -2.14. The van der Waals surface area contributed by atoms with Crippen molar-refractivity contribution in [3.05, 3.63) is 46.6 Å². The Kier molecular flexibility index (Phi) is 1.91. The van der Waals surface area contributed by atoms with Crippen LogP contribution in [0.15, 0.2) is 35.1 Å². The normalized spacial score (nSPS) is 14.2. The van der Waals surface area contributed by atoms with Gasteiger partial charge in [0.05, 0.1) is 6.54 Å². The molecule has 6 heteroatoms. The van der Waals surface area contributed by atoms with E-state index in [1.165, 1.54) is 16.6 Å². The molecule has 0 saturated carbocycles. The van der Waals surface area contributed by atoms with E-state index in [4.69, 9.17) is 0 Å². The van der Waals surface area contributed by atoms with Crippen molar-refractivity contribution in [2.75, 3.05) is 4.90 Å². The molecule has 6 nitrogen and oxygen atoms in total. The number of carbonyl (C=O) groups is 1. The number of hydrogen-bond donors (Lipinski definition) is 0. The van der Waals surface area contributed by atoms with Gasteiger partial charge in [0.15, 0.2) is 5.82 Å². The molecule has 1 aromatic carbocycles. The highest BCUT2D eigenvalue weighted by molar-refractivity contribution is 5.95. The van der Waals surface area contributed by atoms with Gasteiger partial charge in [-0.25, -0.2) is 14.3 Å². The summed E-state index contributed by atoms with van der Waals surface area (Å²) in [5, 5.41) is 4.02. The number of anilines is 1. The number of para-hydroxylation sites is 1. The number of aryl methyl sites for hydroxylation is 1. The summed E-state index contributed by atoms with van der Waals surface area (Å²) in [4.78, 5) is 25.3. The Hall–Kier alpha value is -2.37. The van der Waals surface area contributed by atoms with Crippen molar-refractivity contribution in [1.29, 1.82) is 0 Å². The second kappa shape index (κ2) is 3.31. The van der Waals surface area contributed by atoms with E-state index in [0.717, 1.165) is 10.3 Å². The van der Waals surface area contributed by atoms with Gasteiger partial charge in [-0.1, -0.05) is 18.2 Å². The molecule has 2 aromatic rings. The molecule has 1 aromatic heterocycles. The Balaban J connectivity index is 2.06. The Morgan fingerprint density at radius 3 is 2.53 bits per heavy atom. The first-order valence-corrected chi connectivity index (χ1v) is 5.20. The maximum absolute atomic E-state index is 12.1. The monoisotopic (exact) mass is 230 g/mol. The second-order valence-electron chi connectivity index (χ2n) is 3.86. The van der Waals surface area contributed by atoms with Gasteiger partial charge in [0, 0.05) is 12.7 Å². The Morgan fingerprint density at radius 1 is 1.18 bits per heavy atom. The maximum atomic E-state index is 12.1. The van der Waals surface area contributed by atoms with Crippen LogP contribution in [0.25, 0.3) is 0 Å². The van der Waals surface area contributed by atoms with E-state index in [9.17, 15) is 9.59 Å². The minimum Gasteiger partial charge on any atom is -0.286 e. The summed E-state index contributed by atoms with van der Waals surface area (Å²) in [6, 6.07) is 8.89. The average molecular weight is 230 g/mol. The minimum atomic E-state index is -0.400. The smallest absolute Gasteiger partial charge is 0.286 e. The van der Waals surface area contributed by atoms with Crippen molar-refractivity contribution >= 4 is 11.7 Å². The van der Waals surface area contributed by atoms with Crippen LogP contribution in [-0.4, -0.2) is 20.4 Å². The lowest BCUT2D eigenvalue weighted by molar-refractivity contribution is 0.250. The van der Waals surface area contributed by atoms with E-state index in [-0.39, 0.29) is 6.03 Å². The Morgan fingerprint density at radius 2 is 1.88 bits per heavy atom. The number of rotatable bonds is 1. The minimum absolute atomic E-state index is 0.332. The van der Waals surface area contributed by atoms with E-state index < -0.39 is 5.69 Å². The van der Waals surface area contributed by atoms with Crippen LogP contribution in [0.3, 0.4) is 0 Å². The molecule has 0 saturated heterocycles. The van der Waals surface area contributed by atoms with Crippen LogP contribution in [0, 0.1) is 0 Å². The molecule has 0 N–H and O–H groups in total. The Labute approximate surface area is 96.7 Å². The van der Waals surface area contributed by atoms with E-state index in [2.05, 4.69) is 5.10 Å². The van der Waals surface area contributed by atoms with Gasteiger partial charge in [0.25, 0.3) is 0 Å². The van der Waals surface area contributed by atoms with Crippen molar-refractivity contribution in [2.24, 2.45) is 7.05 Å². The number of amides is 1. The predicted octanol–water partition coefficient (Wildman–Crippen LogP) is 0.570. The largest absolute Gasteiger partial charge is 0.354 e. The molecule has 0 atom stereocenters. The van der Waals surface area contributed by atoms with E-state index >= 15 is 0 Å². The van der Waals surface area contributed by atoms with Gasteiger partial charge in [-0.05, 0) is 12.1 Å². The fourth-order valence-electron chi connectivity index (χ4n) is 1.95. The first-order chi connectivity index (χ1) is 8.18. The zero-order chi connectivity index (χ0) is 12.0. The maximum Gasteiger partial charge on any atom is 0.354 e. The third kappa shape index (κ3) is 1.30. The van der Waals surface area contributed by atoms with Crippen LogP contribution in [0.2, 0.25) is 0 Å². The summed E-state index contributed by atoms with van der Waals surface area (Å²) in [7, 11) is 1.54. The molecule has 1 amide bonds. The number of nitrogens with zero attached hydrogens (tertiary/aromatic N) is 4. The van der Waals surface area contributed by atoms with Crippen LogP contribution >= 0.6 is 0 Å². The van der Waals surface area contributed by atoms with Gasteiger partial charge in [-0.2, -0.15) is 9.67 Å². The Bertz CT molecular complexity index is 641. The van der Waals surface area contributed by atoms with Gasteiger partial charge in [0.2, 0.25) is 0 Å². The molecule has 0 fully saturated rings. The zero-order valence-corrected chi connectivity index (χ0v) is 9.20. The number of hydrogen-bond acceptors (Lipinski definition) is 3. The first-order valence-electron chi connectivity index (χ1n) is 5.20. The molecule has 17 heavy (non-hydrogen) atoms. The topological polar surface area (TPSA) is 60.1 Å². The van der Waals surface area contributed by atoms with Gasteiger partial charge in [-0.15, -0.1) is 0 Å². The second-order valence-corrected chi connectivity index (χ2v) is 3.86. The summed E-state index contributed by atoms with van der Waals surface area (Å²) in [6.45, 7) is 0.332. The van der Waals surface area contributed by atoms with Crippen LogP contribution in [0.1, 0.15) is 5.82 Å². The molecule has 1 aliphatic rings. The van der Waals surface area contributed by atoms with Gasteiger partial charge >= 0.3 is 11.7 Å². The molecule has 2 heterocycles. The SMILES string of the molecule is Cn1nc2n(c1=O)C(=O)N(c1ccccc1)C2. The first kappa shape index (κ1) is 9.83. The standard InChI is InChI=1S/C11H10N4O2/c1-13-10(16)15-9(12-13)7-14(11(15)17)8-5-3-2-4-6-8/h2-6H,7H2,1H3. The fourth-order valence-corrected chi connectivity index (χ4v) is 1.95. The third-order valence-corrected chi connectivity index (χ3v) is 2.78. The summed E-state index contributed by atoms with van der Waals surface area (Å²) >= 11 is 0. The van der Waals surface area contributed by atoms with Crippen molar-refractivity contribution in [3.8, 4) is 0 Å². The average Bonchev–Trinajstić information content (AvgIpc) is 2.80. The van der Waals surface area contributed by atoms with Crippen LogP contribution in [0.4, 0.5) is 10.5 Å². The molecule has 86 valence electrons. The van der Waals surface area contributed by atoms with Crippen molar-refractivity contribution in [3.63, 3.8) is 0 Å². The van der Waals surface area contributed by atoms with Gasteiger partial charge < -0.3 is 0 Å². The number of benzene rings is 1. The quantitative estimate of drug-likeness (QED) is 0.719. The molecule has 3 rings (SSSR count). The van der Waals surface area contributed by atoms with Crippen molar-refractivity contribution in [2.45, 2.75) is 6.54 Å². The molecule has 0 unspecified atom stereocenters. The summed E-state index contributed by atoms with van der Waals surface area (Å²) in [5.41, 5.74) is 0.369. The lowest BCUT2D eigenvalue weighted by atomic mass is 10.3. The zero-order valence-electron chi connectivity index (χ0n) is 9.20. The predicted molar refractivity (Wildman–Crippen MR) is 60.9 cm³/mol. The van der Waals surface area contributed by atoms with Crippen LogP contribution < -0.4 is 10.6 Å². The summed E-state index contributed by atoms with van der Waals surface area (Å²) in [6.07, 6.45) is 0. The number of carbonyl (C=O) groups excluding carboxylic acids is 1. The van der Waals surface area contributed by atoms with Crippen LogP contribution in [0.5, 0.6) is 0 Å². The molecule has 0 radical (unpaired) electrons. The lowest BCUT2D eigenvalue weighted by Crippen LogP contribution is -2.33. The molecule has 0 bridgehead atoms. The molecular formula is C11H10N4O2. The van der Waals surface area contributed by atoms with E-state index in [0.29, 0.717) is 12.4 Å².